The highest BCUT2D eigenvalue weighted by molar-refractivity contribution is 7.17. The van der Waals surface area contributed by atoms with Crippen molar-refractivity contribution in [1.29, 1.82) is 0 Å². The second kappa shape index (κ2) is 7.60. The summed E-state index contributed by atoms with van der Waals surface area (Å²) in [6, 6.07) is 16.0. The van der Waals surface area contributed by atoms with Gasteiger partial charge in [0.2, 0.25) is 0 Å². The van der Waals surface area contributed by atoms with E-state index in [1.807, 2.05) is 42.5 Å². The molecule has 0 unspecified atom stereocenters. The fraction of sp³-hybridized carbons (Fsp3) is 0.182. The van der Waals surface area contributed by atoms with Crippen molar-refractivity contribution >= 4 is 39.3 Å². The summed E-state index contributed by atoms with van der Waals surface area (Å²) in [7, 11) is 0. The Hall–Kier alpha value is -3.32. The maximum Gasteiger partial charge on any atom is 0.163 e. The summed E-state index contributed by atoms with van der Waals surface area (Å²) < 4.78 is 0. The molecule has 29 heavy (non-hydrogen) atoms. The number of nitrogens with zero attached hydrogens (tertiary/aromatic N) is 5. The fourth-order valence-corrected chi connectivity index (χ4v) is 4.51. The molecule has 3 aromatic heterocycles. The van der Waals surface area contributed by atoms with Gasteiger partial charge >= 0.3 is 0 Å². The number of hydrogen-bond acceptors (Lipinski definition) is 7. The first kappa shape index (κ1) is 17.8. The van der Waals surface area contributed by atoms with E-state index in [9.17, 15) is 4.79 Å². The first-order valence-electron chi connectivity index (χ1n) is 9.54. The third kappa shape index (κ3) is 3.45. The normalized spacial score (nSPS) is 14.3. The molecule has 0 bridgehead atoms. The summed E-state index contributed by atoms with van der Waals surface area (Å²) in [5.41, 5.74) is 1.85. The number of anilines is 2. The third-order valence-electron chi connectivity index (χ3n) is 5.12. The number of thiophene rings is 1. The van der Waals surface area contributed by atoms with Gasteiger partial charge in [-0.25, -0.2) is 9.97 Å². The zero-order valence-electron chi connectivity index (χ0n) is 15.7. The van der Waals surface area contributed by atoms with E-state index in [4.69, 9.17) is 9.97 Å². The van der Waals surface area contributed by atoms with Crippen molar-refractivity contribution in [2.45, 2.75) is 0 Å². The summed E-state index contributed by atoms with van der Waals surface area (Å²) in [5, 5.41) is 2.21. The van der Waals surface area contributed by atoms with E-state index in [1.54, 1.807) is 23.7 Å². The van der Waals surface area contributed by atoms with Gasteiger partial charge in [0.1, 0.15) is 5.82 Å². The molecule has 144 valence electrons. The van der Waals surface area contributed by atoms with Crippen LogP contribution >= 0.6 is 11.3 Å². The second-order valence-electron chi connectivity index (χ2n) is 6.90. The summed E-state index contributed by atoms with van der Waals surface area (Å²) in [6.45, 7) is 3.50. The molecule has 5 rings (SSSR count). The highest BCUT2D eigenvalue weighted by atomic mass is 32.1. The Bertz CT molecular complexity index is 1150. The molecule has 0 saturated carbocycles. The molecular formula is C22H19N5OS. The molecule has 4 aromatic rings. The number of rotatable bonds is 4. The number of fused-ring (bicyclic) bond motifs is 1. The molecule has 1 aliphatic rings. The van der Waals surface area contributed by atoms with Gasteiger partial charge in [0.25, 0.3) is 0 Å². The lowest BCUT2D eigenvalue weighted by Crippen LogP contribution is -2.46. The summed E-state index contributed by atoms with van der Waals surface area (Å²) in [5.74, 6) is 1.66. The number of piperazine rings is 1. The number of carbonyl (C=O) groups excluding carboxylic acids is 1. The first-order chi connectivity index (χ1) is 14.3. The molecule has 6 nitrogen and oxygen atoms in total. The smallest absolute Gasteiger partial charge is 0.163 e. The molecule has 0 amide bonds. The number of para-hydroxylation sites is 1. The number of aldehydes is 1. The average Bonchev–Trinajstić information content (AvgIpc) is 3.28. The zero-order valence-corrected chi connectivity index (χ0v) is 16.5. The molecule has 1 saturated heterocycles. The van der Waals surface area contributed by atoms with Gasteiger partial charge in [-0.1, -0.05) is 12.1 Å². The van der Waals surface area contributed by atoms with E-state index in [-0.39, 0.29) is 0 Å². The summed E-state index contributed by atoms with van der Waals surface area (Å²) >= 11 is 1.55. The van der Waals surface area contributed by atoms with Crippen molar-refractivity contribution in [3.8, 4) is 11.4 Å². The van der Waals surface area contributed by atoms with Crippen molar-refractivity contribution in [2.24, 2.45) is 0 Å². The highest BCUT2D eigenvalue weighted by Crippen LogP contribution is 2.30. The summed E-state index contributed by atoms with van der Waals surface area (Å²) in [6.07, 6.45) is 4.47. The lowest BCUT2D eigenvalue weighted by molar-refractivity contribution is 0.112. The second-order valence-corrected chi connectivity index (χ2v) is 7.99. The maximum absolute atomic E-state index is 11.0. The maximum atomic E-state index is 11.0. The average molecular weight is 401 g/mol. The van der Waals surface area contributed by atoms with Crippen LogP contribution in [0.25, 0.3) is 22.3 Å². The van der Waals surface area contributed by atoms with Gasteiger partial charge in [-0.3, -0.25) is 9.78 Å². The Morgan fingerprint density at radius 3 is 2.48 bits per heavy atom. The van der Waals surface area contributed by atoms with Gasteiger partial charge in [0.15, 0.2) is 12.1 Å². The molecule has 0 aliphatic carbocycles. The molecule has 0 atom stereocenters. The number of carbonyl (C=O) groups is 1. The summed E-state index contributed by atoms with van der Waals surface area (Å²) in [4.78, 5) is 30.3. The molecule has 1 fully saturated rings. The predicted molar refractivity (Wildman–Crippen MR) is 117 cm³/mol. The SMILES string of the molecule is O=Cc1ccc(N2CCN(c3nc(-c4cccnc4)nc4ccccc34)CC2)s1. The van der Waals surface area contributed by atoms with Crippen LogP contribution in [0.15, 0.2) is 60.9 Å². The van der Waals surface area contributed by atoms with E-state index >= 15 is 0 Å². The molecule has 0 spiro atoms. The minimum Gasteiger partial charge on any atom is -0.360 e. The van der Waals surface area contributed by atoms with Crippen molar-refractivity contribution in [3.05, 3.63) is 65.8 Å². The monoisotopic (exact) mass is 401 g/mol. The first-order valence-corrected chi connectivity index (χ1v) is 10.4. The van der Waals surface area contributed by atoms with Gasteiger partial charge in [0, 0.05) is 49.5 Å². The topological polar surface area (TPSA) is 62.2 Å². The van der Waals surface area contributed by atoms with Crippen LogP contribution in [0, 0.1) is 0 Å². The van der Waals surface area contributed by atoms with Crippen LogP contribution in [0.3, 0.4) is 0 Å². The fourth-order valence-electron chi connectivity index (χ4n) is 3.64. The van der Waals surface area contributed by atoms with Crippen LogP contribution in [0.1, 0.15) is 9.67 Å². The van der Waals surface area contributed by atoms with Gasteiger partial charge in [-0.05, 0) is 36.4 Å². The lowest BCUT2D eigenvalue weighted by atomic mass is 10.2. The minimum absolute atomic E-state index is 0.697. The molecule has 1 aliphatic heterocycles. The van der Waals surface area contributed by atoms with Gasteiger partial charge < -0.3 is 9.80 Å². The van der Waals surface area contributed by atoms with E-state index in [1.165, 1.54) is 0 Å². The van der Waals surface area contributed by atoms with Crippen LogP contribution < -0.4 is 9.80 Å². The standard InChI is InChI=1S/C22H19N5OS/c28-15-17-7-8-20(29-17)26-10-12-27(13-11-26)22-18-5-1-2-6-19(18)24-21(25-22)16-4-3-9-23-14-16/h1-9,14-15H,10-13H2. The van der Waals surface area contributed by atoms with Crippen LogP contribution in [0.4, 0.5) is 10.8 Å². The van der Waals surface area contributed by atoms with E-state index in [2.05, 4.69) is 20.9 Å². The molecule has 1 aromatic carbocycles. The Kier molecular flexibility index (Phi) is 4.65. The number of benzene rings is 1. The quantitative estimate of drug-likeness (QED) is 0.484. The van der Waals surface area contributed by atoms with Gasteiger partial charge in [-0.15, -0.1) is 11.3 Å². The van der Waals surface area contributed by atoms with Crippen molar-refractivity contribution in [3.63, 3.8) is 0 Å². The van der Waals surface area contributed by atoms with Crippen LogP contribution in [0.2, 0.25) is 0 Å². The number of aromatic nitrogens is 3. The van der Waals surface area contributed by atoms with Gasteiger partial charge in [-0.2, -0.15) is 0 Å². The molecule has 0 radical (unpaired) electrons. The number of pyridine rings is 1. The lowest BCUT2D eigenvalue weighted by Gasteiger charge is -2.36. The molecule has 4 heterocycles. The van der Waals surface area contributed by atoms with E-state index < -0.39 is 0 Å². The van der Waals surface area contributed by atoms with Gasteiger partial charge in [0.05, 0.1) is 15.4 Å². The van der Waals surface area contributed by atoms with Crippen LogP contribution in [-0.4, -0.2) is 47.4 Å². The Labute approximate surface area is 172 Å². The minimum atomic E-state index is 0.697. The highest BCUT2D eigenvalue weighted by Gasteiger charge is 2.22. The van der Waals surface area contributed by atoms with Crippen molar-refractivity contribution < 1.29 is 4.79 Å². The predicted octanol–water partition coefficient (Wildman–Crippen LogP) is 3.89. The van der Waals surface area contributed by atoms with Crippen molar-refractivity contribution in [2.75, 3.05) is 36.0 Å². The Balaban J connectivity index is 1.46. The third-order valence-corrected chi connectivity index (χ3v) is 6.19. The molecular weight excluding hydrogens is 382 g/mol. The molecule has 0 N–H and O–H groups in total. The largest absolute Gasteiger partial charge is 0.360 e. The Morgan fingerprint density at radius 1 is 0.897 bits per heavy atom. The molecule has 7 heteroatoms. The van der Waals surface area contributed by atoms with Crippen molar-refractivity contribution in [1.82, 2.24) is 15.0 Å². The van der Waals surface area contributed by atoms with Crippen LogP contribution in [0.5, 0.6) is 0 Å². The Morgan fingerprint density at radius 2 is 1.72 bits per heavy atom. The zero-order chi connectivity index (χ0) is 19.6. The number of hydrogen-bond donors (Lipinski definition) is 0. The van der Waals surface area contributed by atoms with E-state index in [0.29, 0.717) is 5.82 Å². The van der Waals surface area contributed by atoms with E-state index in [0.717, 1.165) is 64.6 Å². The van der Waals surface area contributed by atoms with Crippen LogP contribution in [-0.2, 0) is 0 Å².